The molecule has 20 heavy (non-hydrogen) atoms. The van der Waals surface area contributed by atoms with Gasteiger partial charge in [-0.3, -0.25) is 9.59 Å². The monoisotopic (exact) mass is 341 g/mol. The molecule has 6 heteroatoms. The molecule has 2 atom stereocenters. The molecule has 0 aliphatic heterocycles. The molecule has 1 fully saturated rings. The predicted octanol–water partition coefficient (Wildman–Crippen LogP) is 2.20. The number of carboxylic acid groups (broad SMARTS) is 1. The second kappa shape index (κ2) is 6.74. The Bertz CT molecular complexity index is 506. The Morgan fingerprint density at radius 1 is 1.40 bits per heavy atom. The van der Waals surface area contributed by atoms with Crippen LogP contribution < -0.4 is 10.1 Å². The highest BCUT2D eigenvalue weighted by Gasteiger charge is 2.33. The molecule has 0 bridgehead atoms. The fourth-order valence-corrected chi connectivity index (χ4v) is 2.76. The Morgan fingerprint density at radius 2 is 2.20 bits per heavy atom. The van der Waals surface area contributed by atoms with Crippen LogP contribution in [0.15, 0.2) is 28.7 Å². The zero-order valence-electron chi connectivity index (χ0n) is 10.8. The molecular formula is C14H16BrNO4. The number of amides is 1. The average Bonchev–Trinajstić information content (AvgIpc) is 2.85. The lowest BCUT2D eigenvalue weighted by molar-refractivity contribution is -0.142. The molecule has 0 aromatic heterocycles. The van der Waals surface area contributed by atoms with Crippen molar-refractivity contribution >= 4 is 27.8 Å². The number of carboxylic acids is 1. The van der Waals surface area contributed by atoms with Crippen LogP contribution in [-0.4, -0.2) is 29.6 Å². The maximum atomic E-state index is 11.8. The molecular weight excluding hydrogens is 326 g/mol. The van der Waals surface area contributed by atoms with Gasteiger partial charge in [-0.25, -0.2) is 0 Å². The highest BCUT2D eigenvalue weighted by Crippen LogP contribution is 2.25. The zero-order valence-corrected chi connectivity index (χ0v) is 12.4. The number of ether oxygens (including phenoxy) is 1. The van der Waals surface area contributed by atoms with Crippen LogP contribution in [0, 0.1) is 5.92 Å². The molecule has 1 aliphatic carbocycles. The number of carbonyl (C=O) groups excluding carboxylic acids is 1. The van der Waals surface area contributed by atoms with Crippen molar-refractivity contribution in [2.45, 2.75) is 25.3 Å². The van der Waals surface area contributed by atoms with E-state index >= 15 is 0 Å². The lowest BCUT2D eigenvalue weighted by atomic mass is 10.0. The van der Waals surface area contributed by atoms with Crippen LogP contribution in [0.4, 0.5) is 0 Å². The van der Waals surface area contributed by atoms with Gasteiger partial charge in [0.15, 0.2) is 6.61 Å². The van der Waals surface area contributed by atoms with Gasteiger partial charge in [0.2, 0.25) is 0 Å². The number of rotatable bonds is 5. The van der Waals surface area contributed by atoms with E-state index in [2.05, 4.69) is 21.2 Å². The lowest BCUT2D eigenvalue weighted by Gasteiger charge is -2.17. The van der Waals surface area contributed by atoms with Crippen LogP contribution in [0.2, 0.25) is 0 Å². The first-order chi connectivity index (χ1) is 9.56. The summed E-state index contributed by atoms with van der Waals surface area (Å²) < 4.78 is 6.24. The van der Waals surface area contributed by atoms with Crippen LogP contribution in [0.1, 0.15) is 19.3 Å². The molecule has 0 unspecified atom stereocenters. The number of hydrogen-bond donors (Lipinski definition) is 2. The van der Waals surface area contributed by atoms with Gasteiger partial charge < -0.3 is 15.2 Å². The smallest absolute Gasteiger partial charge is 0.308 e. The van der Waals surface area contributed by atoms with Gasteiger partial charge in [-0.2, -0.15) is 0 Å². The standard InChI is InChI=1S/C14H16BrNO4/c15-9-3-1-4-10(7-9)20-8-13(17)16-12-6-2-5-11(12)14(18)19/h1,3-4,7,11-12H,2,5-6,8H2,(H,16,17)(H,18,19)/t11-,12+/m1/s1. The first kappa shape index (κ1) is 14.8. The highest BCUT2D eigenvalue weighted by molar-refractivity contribution is 9.10. The summed E-state index contributed by atoms with van der Waals surface area (Å²) in [6, 6.07) is 6.92. The Kier molecular flexibility index (Phi) is 5.00. The van der Waals surface area contributed by atoms with E-state index in [1.807, 2.05) is 12.1 Å². The molecule has 1 aliphatic rings. The Hall–Kier alpha value is -1.56. The molecule has 0 saturated heterocycles. The van der Waals surface area contributed by atoms with Crippen LogP contribution in [0.5, 0.6) is 5.75 Å². The average molecular weight is 342 g/mol. The molecule has 1 aromatic rings. The van der Waals surface area contributed by atoms with Crippen molar-refractivity contribution in [3.05, 3.63) is 28.7 Å². The number of aliphatic carboxylic acids is 1. The predicted molar refractivity (Wildman–Crippen MR) is 76.5 cm³/mol. The largest absolute Gasteiger partial charge is 0.484 e. The maximum absolute atomic E-state index is 11.8. The highest BCUT2D eigenvalue weighted by atomic mass is 79.9. The van der Waals surface area contributed by atoms with Gasteiger partial charge in [-0.05, 0) is 31.0 Å². The summed E-state index contributed by atoms with van der Waals surface area (Å²) in [5, 5.41) is 11.8. The summed E-state index contributed by atoms with van der Waals surface area (Å²) in [5.74, 6) is -1.02. The lowest BCUT2D eigenvalue weighted by Crippen LogP contribution is -2.42. The Labute approximate surface area is 125 Å². The van der Waals surface area contributed by atoms with E-state index in [4.69, 9.17) is 9.84 Å². The third kappa shape index (κ3) is 3.96. The van der Waals surface area contributed by atoms with Crippen molar-refractivity contribution in [2.24, 2.45) is 5.92 Å². The number of carbonyl (C=O) groups is 2. The normalized spacial score (nSPS) is 21.4. The first-order valence-corrected chi connectivity index (χ1v) is 7.26. The fraction of sp³-hybridized carbons (Fsp3) is 0.429. The first-order valence-electron chi connectivity index (χ1n) is 6.47. The third-order valence-electron chi connectivity index (χ3n) is 3.35. The molecule has 1 amide bonds. The minimum atomic E-state index is -0.847. The summed E-state index contributed by atoms with van der Waals surface area (Å²) in [6.45, 7) is -0.112. The van der Waals surface area contributed by atoms with Gasteiger partial charge in [0.1, 0.15) is 5.75 Å². The Morgan fingerprint density at radius 3 is 2.90 bits per heavy atom. The second-order valence-corrected chi connectivity index (χ2v) is 5.71. The van der Waals surface area contributed by atoms with E-state index in [1.165, 1.54) is 0 Å². The third-order valence-corrected chi connectivity index (χ3v) is 3.84. The quantitative estimate of drug-likeness (QED) is 0.860. The van der Waals surface area contributed by atoms with Crippen LogP contribution in [-0.2, 0) is 9.59 Å². The van der Waals surface area contributed by atoms with Crippen molar-refractivity contribution < 1.29 is 19.4 Å². The van der Waals surface area contributed by atoms with Gasteiger partial charge in [0.25, 0.3) is 5.91 Å². The summed E-state index contributed by atoms with van der Waals surface area (Å²) in [7, 11) is 0. The van der Waals surface area contributed by atoms with Crippen molar-refractivity contribution in [1.82, 2.24) is 5.32 Å². The molecule has 0 heterocycles. The van der Waals surface area contributed by atoms with Gasteiger partial charge in [-0.15, -0.1) is 0 Å². The van der Waals surface area contributed by atoms with E-state index in [0.717, 1.165) is 10.9 Å². The molecule has 2 N–H and O–H groups in total. The topological polar surface area (TPSA) is 75.6 Å². The summed E-state index contributed by atoms with van der Waals surface area (Å²) in [5.41, 5.74) is 0. The van der Waals surface area contributed by atoms with E-state index in [9.17, 15) is 9.59 Å². The van der Waals surface area contributed by atoms with Crippen molar-refractivity contribution in [2.75, 3.05) is 6.61 Å². The molecule has 1 saturated carbocycles. The minimum absolute atomic E-state index is 0.112. The van der Waals surface area contributed by atoms with Crippen molar-refractivity contribution in [1.29, 1.82) is 0 Å². The van der Waals surface area contributed by atoms with Gasteiger partial charge in [0, 0.05) is 10.5 Å². The van der Waals surface area contributed by atoms with Gasteiger partial charge in [0.05, 0.1) is 5.92 Å². The summed E-state index contributed by atoms with van der Waals surface area (Å²) in [4.78, 5) is 22.8. The molecule has 2 rings (SSSR count). The van der Waals surface area contributed by atoms with E-state index in [-0.39, 0.29) is 18.6 Å². The summed E-state index contributed by atoms with van der Waals surface area (Å²) in [6.07, 6.45) is 2.15. The Balaban J connectivity index is 1.82. The van der Waals surface area contributed by atoms with Crippen LogP contribution in [0.25, 0.3) is 0 Å². The number of benzene rings is 1. The number of halogens is 1. The molecule has 5 nitrogen and oxygen atoms in total. The number of hydrogen-bond acceptors (Lipinski definition) is 3. The molecule has 108 valence electrons. The van der Waals surface area contributed by atoms with E-state index in [0.29, 0.717) is 18.6 Å². The fourth-order valence-electron chi connectivity index (χ4n) is 2.38. The zero-order chi connectivity index (χ0) is 14.5. The van der Waals surface area contributed by atoms with Crippen LogP contribution in [0.3, 0.4) is 0 Å². The minimum Gasteiger partial charge on any atom is -0.484 e. The molecule has 0 spiro atoms. The van der Waals surface area contributed by atoms with E-state index < -0.39 is 11.9 Å². The van der Waals surface area contributed by atoms with Crippen molar-refractivity contribution in [3.63, 3.8) is 0 Å². The van der Waals surface area contributed by atoms with Crippen LogP contribution >= 0.6 is 15.9 Å². The van der Waals surface area contributed by atoms with Crippen molar-refractivity contribution in [3.8, 4) is 5.75 Å². The second-order valence-electron chi connectivity index (χ2n) is 4.80. The SMILES string of the molecule is O=C(COc1cccc(Br)c1)N[C@H]1CCC[C@H]1C(=O)O. The van der Waals surface area contributed by atoms with Gasteiger partial charge in [-0.1, -0.05) is 28.4 Å². The summed E-state index contributed by atoms with van der Waals surface area (Å²) >= 11 is 3.32. The van der Waals surface area contributed by atoms with E-state index in [1.54, 1.807) is 12.1 Å². The van der Waals surface area contributed by atoms with Gasteiger partial charge >= 0.3 is 5.97 Å². The molecule has 1 aromatic carbocycles. The molecule has 0 radical (unpaired) electrons. The maximum Gasteiger partial charge on any atom is 0.308 e. The number of nitrogens with one attached hydrogen (secondary N) is 1.